The van der Waals surface area contributed by atoms with Crippen LogP contribution in [0.2, 0.25) is 0 Å². The van der Waals surface area contributed by atoms with E-state index < -0.39 is 0 Å². The van der Waals surface area contributed by atoms with E-state index in [9.17, 15) is 9.59 Å². The minimum Gasteiger partial charge on any atom is -0.348 e. The lowest BCUT2D eigenvalue weighted by molar-refractivity contribution is -0.119. The predicted molar refractivity (Wildman–Crippen MR) is 149 cm³/mol. The molecule has 0 atom stereocenters. The minimum absolute atomic E-state index is 0.0931. The van der Waals surface area contributed by atoms with Gasteiger partial charge in [-0.25, -0.2) is 0 Å². The molecule has 0 radical (unpaired) electrons. The van der Waals surface area contributed by atoms with Gasteiger partial charge in [0, 0.05) is 13.0 Å². The highest BCUT2D eigenvalue weighted by atomic mass is 32.1. The van der Waals surface area contributed by atoms with Gasteiger partial charge >= 0.3 is 0 Å². The fourth-order valence-corrected chi connectivity index (χ4v) is 4.18. The Morgan fingerprint density at radius 2 is 1.31 bits per heavy atom. The molecule has 0 bridgehead atoms. The third-order valence-electron chi connectivity index (χ3n) is 5.98. The largest absolute Gasteiger partial charge is 0.348 e. The van der Waals surface area contributed by atoms with E-state index in [0.29, 0.717) is 24.2 Å². The number of carbonyl (C=O) groups excluding carboxylic acids is 2. The first-order valence-electron chi connectivity index (χ1n) is 13.1. The van der Waals surface area contributed by atoms with Crippen LogP contribution in [-0.4, -0.2) is 16.9 Å². The smallest absolute Gasteiger partial charge is 0.253 e. The molecule has 6 heteroatoms. The summed E-state index contributed by atoms with van der Waals surface area (Å²) in [5.74, 6) is -0.295. The van der Waals surface area contributed by atoms with E-state index >= 15 is 0 Å². The van der Waals surface area contributed by atoms with Gasteiger partial charge in [-0.15, -0.1) is 0 Å². The number of amides is 2. The normalized spacial score (nSPS) is 10.5. The third-order valence-corrected chi connectivity index (χ3v) is 6.18. The van der Waals surface area contributed by atoms with Crippen LogP contribution in [-0.2, 0) is 11.3 Å². The monoisotopic (exact) mass is 495 g/mol. The molecule has 5 nitrogen and oxygen atoms in total. The van der Waals surface area contributed by atoms with Gasteiger partial charge in [0.1, 0.15) is 0 Å². The van der Waals surface area contributed by atoms with Crippen LogP contribution in [0.15, 0.2) is 54.6 Å². The van der Waals surface area contributed by atoms with Gasteiger partial charge in [-0.2, -0.15) is 0 Å². The molecule has 35 heavy (non-hydrogen) atoms. The van der Waals surface area contributed by atoms with Crippen LogP contribution in [0.25, 0.3) is 0 Å². The number of thiocarbonyl (C=S) groups is 1. The Hall–Kier alpha value is -2.73. The molecule has 0 saturated heterocycles. The number of anilines is 1. The highest BCUT2D eigenvalue weighted by molar-refractivity contribution is 7.80. The molecule has 3 N–H and O–H groups in total. The molecule has 0 saturated carbocycles. The van der Waals surface area contributed by atoms with Crippen LogP contribution in [0, 0.1) is 0 Å². The number of benzene rings is 2. The van der Waals surface area contributed by atoms with Crippen LogP contribution in [0.5, 0.6) is 0 Å². The van der Waals surface area contributed by atoms with Crippen LogP contribution in [0.4, 0.5) is 5.69 Å². The summed E-state index contributed by atoms with van der Waals surface area (Å²) in [6, 6.07) is 16.9. The molecule has 0 aliphatic rings. The Morgan fingerprint density at radius 3 is 1.97 bits per heavy atom. The summed E-state index contributed by atoms with van der Waals surface area (Å²) in [5, 5.41) is 8.87. The molecular formula is C29H41N3O2S. The second-order valence-corrected chi connectivity index (χ2v) is 9.41. The summed E-state index contributed by atoms with van der Waals surface area (Å²) in [7, 11) is 0. The summed E-state index contributed by atoms with van der Waals surface area (Å²) < 4.78 is 0. The molecule has 0 spiro atoms. The summed E-state index contributed by atoms with van der Waals surface area (Å²) in [5.41, 5.74) is 2.07. The van der Waals surface area contributed by atoms with Crippen molar-refractivity contribution in [3.63, 3.8) is 0 Å². The molecule has 2 aromatic carbocycles. The van der Waals surface area contributed by atoms with E-state index in [-0.39, 0.29) is 16.9 Å². The molecule has 0 heterocycles. The van der Waals surface area contributed by atoms with Crippen molar-refractivity contribution in [1.82, 2.24) is 10.6 Å². The van der Waals surface area contributed by atoms with E-state index in [4.69, 9.17) is 12.2 Å². The number of unbranched alkanes of at least 4 members (excludes halogenated alkanes) is 10. The van der Waals surface area contributed by atoms with Gasteiger partial charge in [0.2, 0.25) is 5.91 Å². The number of hydrogen-bond donors (Lipinski definition) is 3. The Balaban J connectivity index is 1.63. The zero-order chi connectivity index (χ0) is 25.1. The van der Waals surface area contributed by atoms with Crippen molar-refractivity contribution >= 4 is 34.8 Å². The minimum atomic E-state index is -0.202. The van der Waals surface area contributed by atoms with Gasteiger partial charge in [0.05, 0.1) is 11.3 Å². The lowest BCUT2D eigenvalue weighted by Gasteiger charge is -2.13. The summed E-state index contributed by atoms with van der Waals surface area (Å²) in [6.45, 7) is 2.69. The zero-order valence-electron chi connectivity index (χ0n) is 21.1. The van der Waals surface area contributed by atoms with E-state index in [1.807, 2.05) is 36.4 Å². The molecule has 0 unspecified atom stereocenters. The van der Waals surface area contributed by atoms with Gasteiger partial charge in [-0.05, 0) is 36.3 Å². The van der Waals surface area contributed by atoms with Crippen molar-refractivity contribution < 1.29 is 9.59 Å². The van der Waals surface area contributed by atoms with Gasteiger partial charge in [0.25, 0.3) is 5.91 Å². The number of para-hydroxylation sites is 1. The molecule has 0 aromatic heterocycles. The van der Waals surface area contributed by atoms with Crippen molar-refractivity contribution in [2.24, 2.45) is 0 Å². The highest BCUT2D eigenvalue weighted by Crippen LogP contribution is 2.16. The van der Waals surface area contributed by atoms with Crippen LogP contribution in [0.1, 0.15) is 99.9 Å². The number of rotatable bonds is 16. The average molecular weight is 496 g/mol. The van der Waals surface area contributed by atoms with Crippen molar-refractivity contribution in [2.75, 3.05) is 5.32 Å². The first kappa shape index (κ1) is 28.5. The number of nitrogens with one attached hydrogen (secondary N) is 3. The fraction of sp³-hybridized carbons (Fsp3) is 0.483. The molecule has 190 valence electrons. The van der Waals surface area contributed by atoms with Crippen molar-refractivity contribution in [2.45, 2.75) is 90.5 Å². The van der Waals surface area contributed by atoms with E-state index in [1.54, 1.807) is 18.2 Å². The highest BCUT2D eigenvalue weighted by Gasteiger charge is 2.13. The molecule has 2 amide bonds. The van der Waals surface area contributed by atoms with Gasteiger partial charge in [-0.1, -0.05) is 114 Å². The van der Waals surface area contributed by atoms with Crippen LogP contribution in [0.3, 0.4) is 0 Å². The van der Waals surface area contributed by atoms with Crippen molar-refractivity contribution in [3.8, 4) is 0 Å². The van der Waals surface area contributed by atoms with Crippen molar-refractivity contribution in [1.29, 1.82) is 0 Å². The predicted octanol–water partition coefficient (Wildman–Crippen LogP) is 7.13. The first-order valence-corrected chi connectivity index (χ1v) is 13.5. The maximum Gasteiger partial charge on any atom is 0.253 e. The Labute approximate surface area is 216 Å². The molecular weight excluding hydrogens is 454 g/mol. The van der Waals surface area contributed by atoms with Gasteiger partial charge < -0.3 is 16.0 Å². The van der Waals surface area contributed by atoms with Crippen LogP contribution >= 0.6 is 12.2 Å². The second-order valence-electron chi connectivity index (χ2n) is 9.00. The first-order chi connectivity index (χ1) is 17.1. The Kier molecular flexibility index (Phi) is 14.4. The quantitative estimate of drug-likeness (QED) is 0.171. The molecule has 2 rings (SSSR count). The number of carbonyl (C=O) groups is 2. The standard InChI is InChI=1S/C29H41N3O2S/c1-2-3-4-5-6-7-8-9-10-11-15-22-27(33)32-29(35)31-26-21-17-16-20-25(26)28(34)30-23-24-18-13-12-14-19-24/h12-14,16-21H,2-11,15,22-23H2,1H3,(H,30,34)(H2,31,32,33,35). The summed E-state index contributed by atoms with van der Waals surface area (Å²) in [4.78, 5) is 25.0. The van der Waals surface area contributed by atoms with Crippen LogP contribution < -0.4 is 16.0 Å². The molecule has 0 fully saturated rings. The summed E-state index contributed by atoms with van der Waals surface area (Å²) >= 11 is 5.31. The second kappa shape index (κ2) is 17.7. The Morgan fingerprint density at radius 1 is 0.743 bits per heavy atom. The van der Waals surface area contributed by atoms with E-state index in [0.717, 1.165) is 18.4 Å². The summed E-state index contributed by atoms with van der Waals surface area (Å²) in [6.07, 6.45) is 14.2. The lowest BCUT2D eigenvalue weighted by Crippen LogP contribution is -2.34. The molecule has 2 aromatic rings. The van der Waals surface area contributed by atoms with Crippen molar-refractivity contribution in [3.05, 3.63) is 65.7 Å². The molecule has 0 aliphatic heterocycles. The SMILES string of the molecule is CCCCCCCCCCCCCC(=O)NC(=S)Nc1ccccc1C(=O)NCc1ccccc1. The average Bonchev–Trinajstić information content (AvgIpc) is 2.86. The van der Waals surface area contributed by atoms with E-state index in [1.165, 1.54) is 57.8 Å². The maximum absolute atomic E-state index is 12.7. The topological polar surface area (TPSA) is 70.2 Å². The van der Waals surface area contributed by atoms with Gasteiger partial charge in [0.15, 0.2) is 5.11 Å². The third kappa shape index (κ3) is 12.5. The zero-order valence-corrected chi connectivity index (χ0v) is 21.9. The molecule has 0 aliphatic carbocycles. The van der Waals surface area contributed by atoms with Gasteiger partial charge in [-0.3, -0.25) is 9.59 Å². The Bertz CT molecular complexity index is 902. The number of hydrogen-bond acceptors (Lipinski definition) is 3. The maximum atomic E-state index is 12.7. The fourth-order valence-electron chi connectivity index (χ4n) is 3.96. The van der Waals surface area contributed by atoms with E-state index in [2.05, 4.69) is 22.9 Å². The lowest BCUT2D eigenvalue weighted by atomic mass is 10.1.